The van der Waals surface area contributed by atoms with E-state index >= 15 is 0 Å². The Morgan fingerprint density at radius 3 is 2.52 bits per heavy atom. The number of aromatic nitrogens is 2. The summed E-state index contributed by atoms with van der Waals surface area (Å²) < 4.78 is 26.1. The molecule has 1 amide bonds. The van der Waals surface area contributed by atoms with Crippen LogP contribution in [0.4, 0.5) is 5.69 Å². The van der Waals surface area contributed by atoms with E-state index in [2.05, 4.69) is 65.1 Å². The SMILES string of the molecule is C=CC(=O)N1CC2(CC(n3nc(-c4ccc(N5CCS(=O)(=O)CC5)cc4)c(C4C(Cl)C(C)CC5NNCC54)c3C)C2)C1. The van der Waals surface area contributed by atoms with Crippen LogP contribution in [0.25, 0.3) is 11.3 Å². The number of halogens is 1. The van der Waals surface area contributed by atoms with E-state index in [-0.39, 0.29) is 34.1 Å². The molecule has 4 heterocycles. The molecule has 3 saturated heterocycles. The lowest BCUT2D eigenvalue weighted by molar-refractivity contribution is -0.149. The van der Waals surface area contributed by atoms with E-state index in [1.165, 1.54) is 17.3 Å². The number of alkyl halides is 1. The molecule has 11 heteroatoms. The third-order valence-corrected chi connectivity index (χ3v) is 13.0. The summed E-state index contributed by atoms with van der Waals surface area (Å²) in [6.07, 6.45) is 4.50. The number of hydrazine groups is 1. The van der Waals surface area contributed by atoms with E-state index in [9.17, 15) is 13.2 Å². The van der Waals surface area contributed by atoms with E-state index in [0.717, 1.165) is 55.8 Å². The third-order valence-electron chi connectivity index (χ3n) is 10.7. The number of hydrogen-bond acceptors (Lipinski definition) is 7. The van der Waals surface area contributed by atoms with Crippen LogP contribution in [0.1, 0.15) is 49.4 Å². The Hall–Kier alpha value is -2.40. The molecule has 7 rings (SSSR count). The zero-order valence-corrected chi connectivity index (χ0v) is 26.0. The minimum Gasteiger partial charge on any atom is -0.369 e. The Bertz CT molecular complexity index is 1480. The number of rotatable bonds is 5. The molecule has 5 fully saturated rings. The van der Waals surface area contributed by atoms with Gasteiger partial charge in [0.05, 0.1) is 23.2 Å². The van der Waals surface area contributed by atoms with E-state index in [1.807, 2.05) is 4.90 Å². The lowest BCUT2D eigenvalue weighted by Crippen LogP contribution is -2.63. The molecule has 1 spiro atoms. The Morgan fingerprint density at radius 2 is 1.86 bits per heavy atom. The van der Waals surface area contributed by atoms with Gasteiger partial charge in [-0.05, 0) is 56.2 Å². The summed E-state index contributed by atoms with van der Waals surface area (Å²) in [4.78, 5) is 16.1. The van der Waals surface area contributed by atoms with Crippen LogP contribution in [0, 0.1) is 24.2 Å². The molecule has 2 N–H and O–H groups in total. The zero-order valence-electron chi connectivity index (χ0n) is 24.4. The number of nitrogens with one attached hydrogen (secondary N) is 2. The number of likely N-dealkylation sites (tertiary alicyclic amines) is 1. The Morgan fingerprint density at radius 1 is 1.17 bits per heavy atom. The summed E-state index contributed by atoms with van der Waals surface area (Å²) in [5.74, 6) is 1.34. The monoisotopic (exact) mass is 612 g/mol. The smallest absolute Gasteiger partial charge is 0.245 e. The second-order valence-electron chi connectivity index (χ2n) is 13.4. The van der Waals surface area contributed by atoms with Crippen LogP contribution in [-0.4, -0.2) is 84.7 Å². The summed E-state index contributed by atoms with van der Waals surface area (Å²) in [5.41, 5.74) is 12.7. The van der Waals surface area contributed by atoms with Gasteiger partial charge in [-0.15, -0.1) is 11.6 Å². The van der Waals surface area contributed by atoms with E-state index in [4.69, 9.17) is 16.7 Å². The molecule has 226 valence electrons. The van der Waals surface area contributed by atoms with Gasteiger partial charge < -0.3 is 9.80 Å². The van der Waals surface area contributed by atoms with Crippen LogP contribution in [0.5, 0.6) is 0 Å². The molecule has 42 heavy (non-hydrogen) atoms. The first-order valence-corrected chi connectivity index (χ1v) is 17.5. The largest absolute Gasteiger partial charge is 0.369 e. The van der Waals surface area contributed by atoms with Crippen molar-refractivity contribution in [1.29, 1.82) is 0 Å². The van der Waals surface area contributed by atoms with Crippen molar-refractivity contribution in [2.24, 2.45) is 17.3 Å². The maximum absolute atomic E-state index is 12.0. The summed E-state index contributed by atoms with van der Waals surface area (Å²) in [6.45, 7) is 11.6. The van der Waals surface area contributed by atoms with Crippen LogP contribution in [0.3, 0.4) is 0 Å². The maximum atomic E-state index is 12.0. The Kier molecular flexibility index (Phi) is 6.99. The number of carbonyl (C=O) groups excluding carboxylic acids is 1. The highest BCUT2D eigenvalue weighted by atomic mass is 35.5. The summed E-state index contributed by atoms with van der Waals surface area (Å²) >= 11 is 7.29. The highest BCUT2D eigenvalue weighted by molar-refractivity contribution is 7.91. The number of sulfone groups is 1. The van der Waals surface area contributed by atoms with Gasteiger partial charge in [0.2, 0.25) is 5.91 Å². The van der Waals surface area contributed by atoms with Gasteiger partial charge in [-0.3, -0.25) is 20.3 Å². The standard InChI is InChI=1S/C31H41ClN6O3S/c1-4-26(39)37-17-31(18-37)14-23(15-31)38-20(3)27(28-24-16-33-34-25(24)13-19(2)29(28)32)30(35-38)21-5-7-22(8-6-21)36-9-11-42(40,41)12-10-36/h4-8,19,23-25,28-29,33-34H,1,9-18H2,2-3H3. The van der Waals surface area contributed by atoms with Crippen molar-refractivity contribution in [3.05, 3.63) is 48.2 Å². The number of nitrogens with zero attached hydrogens (tertiary/aromatic N) is 4. The Labute approximate surface area is 253 Å². The maximum Gasteiger partial charge on any atom is 0.245 e. The molecule has 0 radical (unpaired) electrons. The molecular formula is C31H41ClN6O3S. The number of benzene rings is 1. The minimum atomic E-state index is -2.93. The lowest BCUT2D eigenvalue weighted by atomic mass is 9.60. The van der Waals surface area contributed by atoms with Gasteiger partial charge in [0, 0.05) is 78.0 Å². The molecule has 2 saturated carbocycles. The molecule has 1 aromatic carbocycles. The average molecular weight is 613 g/mol. The fraction of sp³-hybridized carbons (Fsp3) is 0.613. The van der Waals surface area contributed by atoms with Crippen molar-refractivity contribution in [3.8, 4) is 11.3 Å². The molecular weight excluding hydrogens is 572 g/mol. The molecule has 3 aliphatic heterocycles. The number of anilines is 1. The van der Waals surface area contributed by atoms with Crippen LogP contribution in [-0.2, 0) is 14.6 Å². The van der Waals surface area contributed by atoms with Crippen LogP contribution >= 0.6 is 11.6 Å². The van der Waals surface area contributed by atoms with E-state index in [0.29, 0.717) is 37.0 Å². The van der Waals surface area contributed by atoms with Crippen molar-refractivity contribution in [3.63, 3.8) is 0 Å². The number of hydrogen-bond donors (Lipinski definition) is 2. The average Bonchev–Trinajstić information content (AvgIpc) is 3.52. The first kappa shape index (κ1) is 28.4. The van der Waals surface area contributed by atoms with Gasteiger partial charge in [0.25, 0.3) is 0 Å². The van der Waals surface area contributed by atoms with Crippen molar-refractivity contribution in [2.45, 2.75) is 56.5 Å². The van der Waals surface area contributed by atoms with Gasteiger partial charge in [-0.25, -0.2) is 8.42 Å². The highest BCUT2D eigenvalue weighted by Gasteiger charge is 2.55. The number of amides is 1. The third kappa shape index (κ3) is 4.69. The molecule has 5 unspecified atom stereocenters. The molecule has 2 aromatic rings. The Balaban J connectivity index is 1.21. The highest BCUT2D eigenvalue weighted by Crippen LogP contribution is 2.56. The van der Waals surface area contributed by atoms with Crippen molar-refractivity contribution >= 4 is 33.0 Å². The fourth-order valence-electron chi connectivity index (χ4n) is 8.38. The second kappa shape index (κ2) is 10.4. The quantitative estimate of drug-likeness (QED) is 0.395. The van der Waals surface area contributed by atoms with Crippen molar-refractivity contribution in [2.75, 3.05) is 49.1 Å². The van der Waals surface area contributed by atoms with Gasteiger partial charge in [-0.2, -0.15) is 5.10 Å². The van der Waals surface area contributed by atoms with Gasteiger partial charge in [-0.1, -0.05) is 25.6 Å². The predicted molar refractivity (Wildman–Crippen MR) is 165 cm³/mol. The normalized spacial score (nSPS) is 31.8. The minimum absolute atomic E-state index is 0.00969. The summed E-state index contributed by atoms with van der Waals surface area (Å²) in [7, 11) is -2.93. The van der Waals surface area contributed by atoms with E-state index in [1.54, 1.807) is 0 Å². The topological polar surface area (TPSA) is 99.6 Å². The van der Waals surface area contributed by atoms with Crippen LogP contribution < -0.4 is 15.8 Å². The van der Waals surface area contributed by atoms with Crippen molar-refractivity contribution in [1.82, 2.24) is 25.5 Å². The molecule has 5 aliphatic rings. The second-order valence-corrected chi connectivity index (χ2v) is 16.2. The number of carbonyl (C=O) groups is 1. The van der Waals surface area contributed by atoms with Crippen LogP contribution in [0.15, 0.2) is 36.9 Å². The first-order chi connectivity index (χ1) is 20.1. The lowest BCUT2D eigenvalue weighted by Gasteiger charge is -2.58. The molecule has 5 atom stereocenters. The van der Waals surface area contributed by atoms with Gasteiger partial charge in [0.15, 0.2) is 9.84 Å². The number of fused-ring (bicyclic) bond motifs is 1. The molecule has 1 aromatic heterocycles. The fourth-order valence-corrected chi connectivity index (χ4v) is 10.00. The predicted octanol–water partition coefficient (Wildman–Crippen LogP) is 3.27. The molecule has 2 aliphatic carbocycles. The summed E-state index contributed by atoms with van der Waals surface area (Å²) in [5, 5.41) is 5.34. The van der Waals surface area contributed by atoms with Crippen molar-refractivity contribution < 1.29 is 13.2 Å². The molecule has 9 nitrogen and oxygen atoms in total. The first-order valence-electron chi connectivity index (χ1n) is 15.3. The molecule has 0 bridgehead atoms. The van der Waals surface area contributed by atoms with E-state index < -0.39 is 9.84 Å². The van der Waals surface area contributed by atoms with Gasteiger partial charge in [0.1, 0.15) is 0 Å². The summed E-state index contributed by atoms with van der Waals surface area (Å²) in [6, 6.07) is 9.17. The van der Waals surface area contributed by atoms with Gasteiger partial charge >= 0.3 is 0 Å². The zero-order chi connectivity index (χ0) is 29.4. The van der Waals surface area contributed by atoms with Crippen LogP contribution in [0.2, 0.25) is 0 Å².